The summed E-state index contributed by atoms with van der Waals surface area (Å²) in [4.78, 5) is 11.5. The number of hydrogen-bond acceptors (Lipinski definition) is 2. The Balaban J connectivity index is 3.47. The molecule has 68 valence electrons. The molecule has 0 N–H and O–H groups in total. The van der Waals surface area contributed by atoms with E-state index < -0.39 is 0 Å². The molecule has 2 heteroatoms. The number of hydrogen-bond donors (Lipinski definition) is 0. The second-order valence-electron chi connectivity index (χ2n) is 2.70. The Morgan fingerprint density at radius 3 is 2.77 bits per heavy atom. The van der Waals surface area contributed by atoms with Crippen LogP contribution in [0.5, 0.6) is 0 Å². The molecule has 1 aromatic rings. The maximum atomic E-state index is 11.5. The predicted molar refractivity (Wildman–Crippen MR) is 54.5 cm³/mol. The van der Waals surface area contributed by atoms with Crippen molar-refractivity contribution >= 4 is 12.2 Å². The van der Waals surface area contributed by atoms with E-state index in [4.69, 9.17) is 4.42 Å². The fourth-order valence-corrected chi connectivity index (χ4v) is 1.12. The lowest BCUT2D eigenvalue weighted by atomic mass is 10.2. The summed E-state index contributed by atoms with van der Waals surface area (Å²) in [6, 6.07) is 1.47. The van der Waals surface area contributed by atoms with Gasteiger partial charge in [-0.15, -0.1) is 0 Å². The SMILES string of the molecule is C=Cc1oc(C)cc(=O)c1/C=C/C. The van der Waals surface area contributed by atoms with Crippen LogP contribution in [0.15, 0.2) is 27.9 Å². The first-order valence-corrected chi connectivity index (χ1v) is 4.09. The van der Waals surface area contributed by atoms with Gasteiger partial charge in [-0.25, -0.2) is 0 Å². The Morgan fingerprint density at radius 2 is 2.23 bits per heavy atom. The van der Waals surface area contributed by atoms with E-state index in [0.29, 0.717) is 17.1 Å². The van der Waals surface area contributed by atoms with Gasteiger partial charge >= 0.3 is 0 Å². The van der Waals surface area contributed by atoms with Gasteiger partial charge in [0, 0.05) is 6.07 Å². The zero-order chi connectivity index (χ0) is 9.84. The van der Waals surface area contributed by atoms with Gasteiger partial charge in [-0.05, 0) is 19.9 Å². The van der Waals surface area contributed by atoms with Gasteiger partial charge in [0.15, 0.2) is 5.43 Å². The van der Waals surface area contributed by atoms with Crippen molar-refractivity contribution in [1.82, 2.24) is 0 Å². The van der Waals surface area contributed by atoms with Crippen LogP contribution >= 0.6 is 0 Å². The van der Waals surface area contributed by atoms with Crippen molar-refractivity contribution in [2.45, 2.75) is 13.8 Å². The largest absolute Gasteiger partial charge is 0.461 e. The zero-order valence-electron chi connectivity index (χ0n) is 7.83. The second-order valence-corrected chi connectivity index (χ2v) is 2.70. The van der Waals surface area contributed by atoms with Gasteiger partial charge < -0.3 is 4.42 Å². The highest BCUT2D eigenvalue weighted by Crippen LogP contribution is 2.09. The van der Waals surface area contributed by atoms with Crippen molar-refractivity contribution in [2.24, 2.45) is 0 Å². The third kappa shape index (κ3) is 1.96. The molecule has 0 aromatic carbocycles. The minimum atomic E-state index is -0.0308. The van der Waals surface area contributed by atoms with Crippen LogP contribution in [0.3, 0.4) is 0 Å². The molecule has 0 bridgehead atoms. The maximum absolute atomic E-state index is 11.5. The molecule has 1 aromatic heterocycles. The molecule has 0 amide bonds. The number of aryl methyl sites for hydroxylation is 1. The average Bonchev–Trinajstić information content (AvgIpc) is 2.09. The van der Waals surface area contributed by atoms with Crippen LogP contribution in [0.2, 0.25) is 0 Å². The summed E-state index contributed by atoms with van der Waals surface area (Å²) in [5, 5.41) is 0. The molecule has 13 heavy (non-hydrogen) atoms. The molecule has 0 aliphatic rings. The van der Waals surface area contributed by atoms with E-state index in [1.807, 2.05) is 6.92 Å². The van der Waals surface area contributed by atoms with Gasteiger partial charge in [0.1, 0.15) is 11.5 Å². The normalized spacial score (nSPS) is 10.6. The van der Waals surface area contributed by atoms with Crippen molar-refractivity contribution in [1.29, 1.82) is 0 Å². The lowest BCUT2D eigenvalue weighted by molar-refractivity contribution is 0.504. The first-order chi connectivity index (χ1) is 6.19. The van der Waals surface area contributed by atoms with E-state index in [0.717, 1.165) is 0 Å². The van der Waals surface area contributed by atoms with Crippen molar-refractivity contribution in [2.75, 3.05) is 0 Å². The van der Waals surface area contributed by atoms with Crippen LogP contribution in [-0.4, -0.2) is 0 Å². The summed E-state index contributed by atoms with van der Waals surface area (Å²) < 4.78 is 5.32. The predicted octanol–water partition coefficient (Wildman–Crippen LogP) is 2.62. The highest BCUT2D eigenvalue weighted by atomic mass is 16.3. The first-order valence-electron chi connectivity index (χ1n) is 4.09. The second kappa shape index (κ2) is 3.90. The molecule has 0 aliphatic carbocycles. The third-order valence-electron chi connectivity index (χ3n) is 1.65. The Bertz CT molecular complexity index is 397. The van der Waals surface area contributed by atoms with Crippen LogP contribution in [0.1, 0.15) is 24.0 Å². The third-order valence-corrected chi connectivity index (χ3v) is 1.65. The quantitative estimate of drug-likeness (QED) is 0.693. The van der Waals surface area contributed by atoms with Gasteiger partial charge in [-0.3, -0.25) is 4.79 Å². The Kier molecular flexibility index (Phi) is 2.85. The summed E-state index contributed by atoms with van der Waals surface area (Å²) in [6.07, 6.45) is 5.07. The molecular formula is C11H12O2. The van der Waals surface area contributed by atoms with E-state index >= 15 is 0 Å². The van der Waals surface area contributed by atoms with Gasteiger partial charge in [-0.2, -0.15) is 0 Å². The number of allylic oxidation sites excluding steroid dienone is 1. The maximum Gasteiger partial charge on any atom is 0.192 e. The summed E-state index contributed by atoms with van der Waals surface area (Å²) in [5.74, 6) is 1.14. The lowest BCUT2D eigenvalue weighted by Gasteiger charge is -1.99. The van der Waals surface area contributed by atoms with Gasteiger partial charge in [0.25, 0.3) is 0 Å². The molecule has 1 heterocycles. The van der Waals surface area contributed by atoms with E-state index in [9.17, 15) is 4.79 Å². The zero-order valence-corrected chi connectivity index (χ0v) is 7.83. The summed E-state index contributed by atoms with van der Waals surface area (Å²) in [6.45, 7) is 7.19. The Hall–Kier alpha value is -1.57. The average molecular weight is 176 g/mol. The summed E-state index contributed by atoms with van der Waals surface area (Å²) in [5.41, 5.74) is 0.528. The summed E-state index contributed by atoms with van der Waals surface area (Å²) in [7, 11) is 0. The molecule has 0 radical (unpaired) electrons. The lowest BCUT2D eigenvalue weighted by Crippen LogP contribution is -2.05. The van der Waals surface area contributed by atoms with Crippen LogP contribution < -0.4 is 5.43 Å². The molecule has 0 saturated carbocycles. The Morgan fingerprint density at radius 1 is 1.54 bits per heavy atom. The monoisotopic (exact) mass is 176 g/mol. The van der Waals surface area contributed by atoms with Crippen LogP contribution in [0.4, 0.5) is 0 Å². The fraction of sp³-hybridized carbons (Fsp3) is 0.182. The van der Waals surface area contributed by atoms with Crippen LogP contribution in [-0.2, 0) is 0 Å². The van der Waals surface area contributed by atoms with Crippen molar-refractivity contribution < 1.29 is 4.42 Å². The number of rotatable bonds is 2. The van der Waals surface area contributed by atoms with Gasteiger partial charge in [0.05, 0.1) is 5.56 Å². The van der Waals surface area contributed by atoms with E-state index in [1.165, 1.54) is 6.07 Å². The molecule has 0 saturated heterocycles. The van der Waals surface area contributed by atoms with Crippen molar-refractivity contribution in [3.8, 4) is 0 Å². The smallest absolute Gasteiger partial charge is 0.192 e. The molecule has 0 spiro atoms. The first kappa shape index (κ1) is 9.52. The topological polar surface area (TPSA) is 30.2 Å². The van der Waals surface area contributed by atoms with E-state index in [2.05, 4.69) is 6.58 Å². The van der Waals surface area contributed by atoms with Crippen molar-refractivity contribution in [3.05, 3.63) is 46.0 Å². The molecule has 0 unspecified atom stereocenters. The Labute approximate surface area is 77.2 Å². The highest BCUT2D eigenvalue weighted by molar-refractivity contribution is 5.59. The van der Waals surface area contributed by atoms with Gasteiger partial charge in [0.2, 0.25) is 0 Å². The standard InChI is InChI=1S/C11H12O2/c1-4-6-9-10(12)7-8(3)13-11(9)5-2/h4-7H,2H2,1,3H3/b6-4+. The fourth-order valence-electron chi connectivity index (χ4n) is 1.12. The highest BCUT2D eigenvalue weighted by Gasteiger charge is 2.03. The molecule has 2 nitrogen and oxygen atoms in total. The summed E-state index contributed by atoms with van der Waals surface area (Å²) >= 11 is 0. The molecule has 0 fully saturated rings. The molecule has 0 aliphatic heterocycles. The molecular weight excluding hydrogens is 164 g/mol. The van der Waals surface area contributed by atoms with Crippen molar-refractivity contribution in [3.63, 3.8) is 0 Å². The van der Waals surface area contributed by atoms with Crippen LogP contribution in [0.25, 0.3) is 12.2 Å². The molecule has 0 atom stereocenters. The minimum absolute atomic E-state index is 0.0308. The minimum Gasteiger partial charge on any atom is -0.461 e. The van der Waals surface area contributed by atoms with Gasteiger partial charge in [-0.1, -0.05) is 18.7 Å². The van der Waals surface area contributed by atoms with E-state index in [1.54, 1.807) is 25.2 Å². The van der Waals surface area contributed by atoms with Crippen LogP contribution in [0, 0.1) is 6.92 Å². The molecule has 1 rings (SSSR count). The van der Waals surface area contributed by atoms with E-state index in [-0.39, 0.29) is 5.43 Å².